The molecule has 0 spiro atoms. The molecule has 0 radical (unpaired) electrons. The van der Waals surface area contributed by atoms with Crippen LogP contribution >= 0.6 is 11.6 Å². The molecular weight excluding hydrogens is 438 g/mol. The summed E-state index contributed by atoms with van der Waals surface area (Å²) >= 11 is 6.27. The predicted octanol–water partition coefficient (Wildman–Crippen LogP) is 6.44. The van der Waals surface area contributed by atoms with Crippen LogP contribution in [-0.4, -0.2) is 15.7 Å². The molecule has 1 amide bonds. The largest absolute Gasteiger partial charge is 0.485 e. The Morgan fingerprint density at radius 1 is 1.18 bits per heavy atom. The molecule has 4 rings (SSSR count). The van der Waals surface area contributed by atoms with Crippen LogP contribution in [0, 0.1) is 6.92 Å². The van der Waals surface area contributed by atoms with Crippen LogP contribution in [0.25, 0.3) is 0 Å². The molecule has 0 aliphatic heterocycles. The lowest BCUT2D eigenvalue weighted by molar-refractivity contribution is 0.0992. The summed E-state index contributed by atoms with van der Waals surface area (Å²) in [7, 11) is 0. The van der Waals surface area contributed by atoms with Crippen LogP contribution in [0.2, 0.25) is 5.02 Å². The minimum atomic E-state index is -0.317. The second kappa shape index (κ2) is 9.96. The molecule has 0 bridgehead atoms. The number of aryl methyl sites for hydroxylation is 1. The van der Waals surface area contributed by atoms with Gasteiger partial charge in [-0.1, -0.05) is 37.6 Å². The van der Waals surface area contributed by atoms with Crippen molar-refractivity contribution in [3.05, 3.63) is 100 Å². The van der Waals surface area contributed by atoms with Gasteiger partial charge in [0.1, 0.15) is 18.1 Å². The summed E-state index contributed by atoms with van der Waals surface area (Å²) in [6.07, 6.45) is 3.63. The molecule has 2 heterocycles. The number of benzene rings is 2. The molecule has 0 saturated carbocycles. The SMILES string of the molecule is Cc1cc(OCc2ccc(C(=O)Nc3cccc(Cn4cccn4)c3)o2)c(C(C)C)cc1Cl. The number of halogens is 1. The Hall–Kier alpha value is -3.51. The van der Waals surface area contributed by atoms with Crippen molar-refractivity contribution in [3.8, 4) is 5.75 Å². The van der Waals surface area contributed by atoms with E-state index in [1.807, 2.05) is 60.3 Å². The number of furan rings is 1. The molecule has 0 aliphatic rings. The van der Waals surface area contributed by atoms with E-state index in [0.29, 0.717) is 18.0 Å². The topological polar surface area (TPSA) is 69.3 Å². The van der Waals surface area contributed by atoms with Crippen molar-refractivity contribution in [2.45, 2.75) is 39.8 Å². The van der Waals surface area contributed by atoms with Gasteiger partial charge in [0.2, 0.25) is 0 Å². The zero-order valence-corrected chi connectivity index (χ0v) is 19.6. The number of carbonyl (C=O) groups excluding carboxylic acids is 1. The molecule has 0 aliphatic carbocycles. The van der Waals surface area contributed by atoms with Crippen molar-refractivity contribution in [2.24, 2.45) is 0 Å². The van der Waals surface area contributed by atoms with Gasteiger partial charge >= 0.3 is 0 Å². The number of anilines is 1. The Morgan fingerprint density at radius 2 is 2.03 bits per heavy atom. The number of amides is 1. The lowest BCUT2D eigenvalue weighted by atomic mass is 10.0. The summed E-state index contributed by atoms with van der Waals surface area (Å²) in [5.74, 6) is 1.50. The second-order valence-electron chi connectivity index (χ2n) is 8.21. The van der Waals surface area contributed by atoms with Crippen LogP contribution in [0.4, 0.5) is 5.69 Å². The smallest absolute Gasteiger partial charge is 0.291 e. The summed E-state index contributed by atoms with van der Waals surface area (Å²) in [5, 5.41) is 7.82. The summed E-state index contributed by atoms with van der Waals surface area (Å²) in [6, 6.07) is 16.8. The van der Waals surface area contributed by atoms with Crippen molar-refractivity contribution in [1.29, 1.82) is 0 Å². The van der Waals surface area contributed by atoms with E-state index in [1.54, 1.807) is 18.3 Å². The maximum atomic E-state index is 12.7. The fourth-order valence-electron chi connectivity index (χ4n) is 3.49. The number of hydrogen-bond donors (Lipinski definition) is 1. The third kappa shape index (κ3) is 5.65. The molecule has 170 valence electrons. The fraction of sp³-hybridized carbons (Fsp3) is 0.231. The summed E-state index contributed by atoms with van der Waals surface area (Å²) in [4.78, 5) is 12.7. The molecule has 1 N–H and O–H groups in total. The van der Waals surface area contributed by atoms with E-state index < -0.39 is 0 Å². The monoisotopic (exact) mass is 463 g/mol. The highest BCUT2D eigenvalue weighted by atomic mass is 35.5. The number of nitrogens with zero attached hydrogens (tertiary/aromatic N) is 2. The molecule has 0 saturated heterocycles. The Morgan fingerprint density at radius 3 is 2.79 bits per heavy atom. The van der Waals surface area contributed by atoms with Crippen molar-refractivity contribution < 1.29 is 13.9 Å². The van der Waals surface area contributed by atoms with E-state index in [9.17, 15) is 4.79 Å². The van der Waals surface area contributed by atoms with E-state index in [2.05, 4.69) is 24.3 Å². The first kappa shape index (κ1) is 22.7. The zero-order valence-electron chi connectivity index (χ0n) is 18.8. The number of nitrogens with one attached hydrogen (secondary N) is 1. The van der Waals surface area contributed by atoms with Crippen molar-refractivity contribution in [2.75, 3.05) is 5.32 Å². The zero-order chi connectivity index (χ0) is 23.4. The van der Waals surface area contributed by atoms with Gasteiger partial charge in [0, 0.05) is 23.1 Å². The summed E-state index contributed by atoms with van der Waals surface area (Å²) < 4.78 is 13.6. The molecule has 6 nitrogen and oxygen atoms in total. The van der Waals surface area contributed by atoms with Crippen LogP contribution in [-0.2, 0) is 13.2 Å². The molecule has 33 heavy (non-hydrogen) atoms. The first-order valence-corrected chi connectivity index (χ1v) is 11.2. The maximum absolute atomic E-state index is 12.7. The quantitative estimate of drug-likeness (QED) is 0.326. The average Bonchev–Trinajstić information content (AvgIpc) is 3.46. The Balaban J connectivity index is 1.40. The van der Waals surface area contributed by atoms with E-state index >= 15 is 0 Å². The van der Waals surface area contributed by atoms with Gasteiger partial charge in [-0.05, 0) is 72.0 Å². The van der Waals surface area contributed by atoms with Gasteiger partial charge in [-0.2, -0.15) is 5.10 Å². The minimum Gasteiger partial charge on any atom is -0.485 e. The Kier molecular flexibility index (Phi) is 6.84. The number of aromatic nitrogens is 2. The predicted molar refractivity (Wildman–Crippen MR) is 129 cm³/mol. The van der Waals surface area contributed by atoms with Crippen molar-refractivity contribution >= 4 is 23.2 Å². The fourth-order valence-corrected chi connectivity index (χ4v) is 3.67. The van der Waals surface area contributed by atoms with Gasteiger partial charge < -0.3 is 14.5 Å². The number of rotatable bonds is 8. The van der Waals surface area contributed by atoms with Gasteiger partial charge in [0.15, 0.2) is 5.76 Å². The van der Waals surface area contributed by atoms with Gasteiger partial charge in [0.05, 0.1) is 6.54 Å². The molecule has 4 aromatic rings. The van der Waals surface area contributed by atoms with Crippen LogP contribution in [0.1, 0.15) is 52.8 Å². The van der Waals surface area contributed by atoms with E-state index in [0.717, 1.165) is 27.5 Å². The van der Waals surface area contributed by atoms with Crippen molar-refractivity contribution in [1.82, 2.24) is 9.78 Å². The molecule has 0 unspecified atom stereocenters. The molecule has 7 heteroatoms. The average molecular weight is 464 g/mol. The van der Waals surface area contributed by atoms with Crippen LogP contribution in [0.15, 0.2) is 71.4 Å². The van der Waals surface area contributed by atoms with Gasteiger partial charge in [0.25, 0.3) is 5.91 Å². The van der Waals surface area contributed by atoms with E-state index in [-0.39, 0.29) is 24.2 Å². The van der Waals surface area contributed by atoms with E-state index in [4.69, 9.17) is 20.8 Å². The maximum Gasteiger partial charge on any atom is 0.291 e. The van der Waals surface area contributed by atoms with E-state index in [1.165, 1.54) is 0 Å². The summed E-state index contributed by atoms with van der Waals surface area (Å²) in [6.45, 7) is 6.97. The highest BCUT2D eigenvalue weighted by molar-refractivity contribution is 6.31. The highest BCUT2D eigenvalue weighted by Crippen LogP contribution is 2.32. The molecule has 0 atom stereocenters. The Bertz CT molecular complexity index is 1250. The molecule has 2 aromatic heterocycles. The Labute approximate surface area is 198 Å². The lowest BCUT2D eigenvalue weighted by Gasteiger charge is -2.15. The van der Waals surface area contributed by atoms with Gasteiger partial charge in [-0.15, -0.1) is 0 Å². The van der Waals surface area contributed by atoms with Crippen LogP contribution in [0.5, 0.6) is 5.75 Å². The molecular formula is C26H26ClN3O3. The van der Waals surface area contributed by atoms with Crippen LogP contribution < -0.4 is 10.1 Å². The minimum absolute atomic E-state index is 0.216. The number of ether oxygens (including phenoxy) is 1. The molecule has 2 aromatic carbocycles. The normalized spacial score (nSPS) is 11.1. The third-order valence-electron chi connectivity index (χ3n) is 5.26. The lowest BCUT2D eigenvalue weighted by Crippen LogP contribution is -2.11. The second-order valence-corrected chi connectivity index (χ2v) is 8.61. The van der Waals surface area contributed by atoms with Gasteiger partial charge in [-0.3, -0.25) is 9.48 Å². The number of carbonyl (C=O) groups is 1. The summed E-state index contributed by atoms with van der Waals surface area (Å²) in [5.41, 5.74) is 3.71. The van der Waals surface area contributed by atoms with Gasteiger partial charge in [-0.25, -0.2) is 0 Å². The first-order valence-electron chi connectivity index (χ1n) is 10.8. The third-order valence-corrected chi connectivity index (χ3v) is 5.66. The standard InChI is InChI=1S/C26H26ClN3O3/c1-17(2)22-14-23(27)18(3)12-25(22)32-16-21-8-9-24(33-21)26(31)29-20-7-4-6-19(13-20)15-30-11-5-10-28-30/h4-14,17H,15-16H2,1-3H3,(H,29,31). The first-order chi connectivity index (χ1) is 15.9. The molecule has 0 fully saturated rings. The van der Waals surface area contributed by atoms with Crippen molar-refractivity contribution in [3.63, 3.8) is 0 Å². The highest BCUT2D eigenvalue weighted by Gasteiger charge is 2.15. The van der Waals surface area contributed by atoms with Crippen LogP contribution in [0.3, 0.4) is 0 Å². The number of hydrogen-bond acceptors (Lipinski definition) is 4.